The monoisotopic (exact) mass is 322 g/mol. The first kappa shape index (κ1) is 17.7. The molecule has 1 aromatic rings. The van der Waals surface area contributed by atoms with Gasteiger partial charge in [0.25, 0.3) is 5.56 Å². The molecule has 128 valence electrons. The van der Waals surface area contributed by atoms with E-state index in [0.29, 0.717) is 12.2 Å². The van der Waals surface area contributed by atoms with Crippen LogP contribution in [0.4, 0.5) is 0 Å². The molecule has 1 fully saturated rings. The largest absolute Gasteiger partial charge is 0.376 e. The van der Waals surface area contributed by atoms with E-state index in [1.165, 1.54) is 0 Å². The van der Waals surface area contributed by atoms with Gasteiger partial charge in [-0.05, 0) is 51.7 Å². The lowest BCUT2D eigenvalue weighted by molar-refractivity contribution is -0.135. The lowest BCUT2D eigenvalue weighted by Gasteiger charge is -2.23. The average molecular weight is 322 g/mol. The van der Waals surface area contributed by atoms with Crippen LogP contribution in [0.15, 0.2) is 10.9 Å². The number of pyridine rings is 1. The molecule has 0 unspecified atom stereocenters. The maximum absolute atomic E-state index is 12.1. The van der Waals surface area contributed by atoms with Crippen LogP contribution in [0.2, 0.25) is 0 Å². The van der Waals surface area contributed by atoms with Gasteiger partial charge in [-0.3, -0.25) is 9.59 Å². The quantitative estimate of drug-likeness (QED) is 0.833. The first-order chi connectivity index (χ1) is 11.0. The summed E-state index contributed by atoms with van der Waals surface area (Å²) in [6, 6.07) is 1.89. The maximum atomic E-state index is 12.1. The fourth-order valence-electron chi connectivity index (χ4n) is 2.69. The van der Waals surface area contributed by atoms with Crippen LogP contribution in [-0.2, 0) is 20.8 Å². The van der Waals surface area contributed by atoms with Gasteiger partial charge in [-0.25, -0.2) is 0 Å². The predicted octanol–water partition coefficient (Wildman–Crippen LogP) is 1.58. The van der Waals surface area contributed by atoms with Crippen molar-refractivity contribution in [3.8, 4) is 0 Å². The highest BCUT2D eigenvalue weighted by molar-refractivity contribution is 5.80. The van der Waals surface area contributed by atoms with E-state index in [2.05, 4.69) is 10.3 Å². The van der Waals surface area contributed by atoms with Crippen LogP contribution in [0.3, 0.4) is 0 Å². The van der Waals surface area contributed by atoms with Crippen molar-refractivity contribution in [2.75, 3.05) is 13.2 Å². The van der Waals surface area contributed by atoms with Gasteiger partial charge in [0.1, 0.15) is 6.10 Å². The predicted molar refractivity (Wildman–Crippen MR) is 87.4 cm³/mol. The van der Waals surface area contributed by atoms with Crippen molar-refractivity contribution in [1.29, 1.82) is 0 Å². The first-order valence-electron chi connectivity index (χ1n) is 8.17. The number of aryl methyl sites for hydroxylation is 2. The summed E-state index contributed by atoms with van der Waals surface area (Å²) < 4.78 is 11.2. The van der Waals surface area contributed by atoms with Gasteiger partial charge >= 0.3 is 0 Å². The summed E-state index contributed by atoms with van der Waals surface area (Å²) in [5.41, 5.74) is 2.10. The second-order valence-corrected chi connectivity index (χ2v) is 6.12. The summed E-state index contributed by atoms with van der Waals surface area (Å²) in [6.45, 7) is 6.81. The zero-order chi connectivity index (χ0) is 16.8. The van der Waals surface area contributed by atoms with Crippen LogP contribution < -0.4 is 10.9 Å². The lowest BCUT2D eigenvalue weighted by atomic mass is 10.1. The number of H-pyrrole nitrogens is 1. The normalized spacial score (nSPS) is 19.3. The summed E-state index contributed by atoms with van der Waals surface area (Å²) in [6.07, 6.45) is 2.74. The third-order valence-electron chi connectivity index (χ3n) is 4.11. The fraction of sp³-hybridized carbons (Fsp3) is 0.647. The Balaban J connectivity index is 1.81. The van der Waals surface area contributed by atoms with Gasteiger partial charge in [0, 0.05) is 24.4 Å². The van der Waals surface area contributed by atoms with Crippen molar-refractivity contribution in [2.45, 2.75) is 58.8 Å². The second kappa shape index (κ2) is 8.26. The minimum Gasteiger partial charge on any atom is -0.376 e. The van der Waals surface area contributed by atoms with Crippen LogP contribution >= 0.6 is 0 Å². The summed E-state index contributed by atoms with van der Waals surface area (Å²) in [5, 5.41) is 2.76. The Kier molecular flexibility index (Phi) is 6.36. The number of aromatic nitrogens is 1. The fourth-order valence-corrected chi connectivity index (χ4v) is 2.69. The Morgan fingerprint density at radius 3 is 2.91 bits per heavy atom. The van der Waals surface area contributed by atoms with E-state index >= 15 is 0 Å². The van der Waals surface area contributed by atoms with E-state index in [1.807, 2.05) is 19.9 Å². The topological polar surface area (TPSA) is 80.4 Å². The van der Waals surface area contributed by atoms with Crippen LogP contribution in [0.5, 0.6) is 0 Å². The van der Waals surface area contributed by atoms with Gasteiger partial charge in [0.15, 0.2) is 0 Å². The molecule has 1 aromatic heterocycles. The Morgan fingerprint density at radius 2 is 2.26 bits per heavy atom. The van der Waals surface area contributed by atoms with Gasteiger partial charge in [0.2, 0.25) is 5.91 Å². The second-order valence-electron chi connectivity index (χ2n) is 6.12. The van der Waals surface area contributed by atoms with Crippen molar-refractivity contribution in [3.63, 3.8) is 0 Å². The number of carbonyl (C=O) groups is 1. The average Bonchev–Trinajstić information content (AvgIpc) is 2.52. The smallest absolute Gasteiger partial charge is 0.253 e. The van der Waals surface area contributed by atoms with E-state index in [1.54, 1.807) is 6.92 Å². The number of hydrogen-bond donors (Lipinski definition) is 2. The van der Waals surface area contributed by atoms with Crippen molar-refractivity contribution in [1.82, 2.24) is 10.3 Å². The molecular weight excluding hydrogens is 296 g/mol. The van der Waals surface area contributed by atoms with Crippen molar-refractivity contribution in [2.24, 2.45) is 0 Å². The van der Waals surface area contributed by atoms with Crippen molar-refractivity contribution in [3.05, 3.63) is 33.2 Å². The SMILES string of the molecule is Cc1cc(C)c(CNC(=O)[C@H](C)OC[C@@H]2CCCCO2)c(=O)[nH]1. The molecule has 1 aliphatic heterocycles. The molecule has 1 saturated heterocycles. The summed E-state index contributed by atoms with van der Waals surface area (Å²) in [5.74, 6) is -0.222. The highest BCUT2D eigenvalue weighted by Gasteiger charge is 2.19. The molecule has 2 rings (SSSR count). The van der Waals surface area contributed by atoms with E-state index in [4.69, 9.17) is 9.47 Å². The molecule has 0 aliphatic carbocycles. The van der Waals surface area contributed by atoms with Gasteiger partial charge < -0.3 is 19.8 Å². The molecule has 0 bridgehead atoms. The molecule has 2 heterocycles. The van der Waals surface area contributed by atoms with Gasteiger partial charge in [0.05, 0.1) is 12.7 Å². The van der Waals surface area contributed by atoms with Gasteiger partial charge in [-0.15, -0.1) is 0 Å². The standard InChI is InChI=1S/C17H26N2O4/c1-11-8-12(2)19-17(21)15(11)9-18-16(20)13(3)23-10-14-6-4-5-7-22-14/h8,13-14H,4-7,9-10H2,1-3H3,(H,18,20)(H,19,21)/t13-,14-/m0/s1. The molecule has 6 heteroatoms. The van der Waals surface area contributed by atoms with Crippen LogP contribution in [0.1, 0.15) is 43.0 Å². The first-order valence-corrected chi connectivity index (χ1v) is 8.17. The summed E-state index contributed by atoms with van der Waals surface area (Å²) >= 11 is 0. The summed E-state index contributed by atoms with van der Waals surface area (Å²) in [7, 11) is 0. The molecule has 2 atom stereocenters. The Morgan fingerprint density at radius 1 is 1.48 bits per heavy atom. The number of carbonyl (C=O) groups excluding carboxylic acids is 1. The Bertz CT molecular complexity index is 591. The zero-order valence-corrected chi connectivity index (χ0v) is 14.1. The number of ether oxygens (including phenoxy) is 2. The van der Waals surface area contributed by atoms with Crippen LogP contribution in [0.25, 0.3) is 0 Å². The number of hydrogen-bond acceptors (Lipinski definition) is 4. The Hall–Kier alpha value is -1.66. The third kappa shape index (κ3) is 5.18. The van der Waals surface area contributed by atoms with Crippen molar-refractivity contribution >= 4 is 5.91 Å². The highest BCUT2D eigenvalue weighted by atomic mass is 16.5. The molecule has 2 N–H and O–H groups in total. The van der Waals surface area contributed by atoms with Crippen molar-refractivity contribution < 1.29 is 14.3 Å². The van der Waals surface area contributed by atoms with Crippen LogP contribution in [0, 0.1) is 13.8 Å². The Labute approximate surface area is 136 Å². The van der Waals surface area contributed by atoms with E-state index < -0.39 is 6.10 Å². The minimum atomic E-state index is -0.564. The number of nitrogens with one attached hydrogen (secondary N) is 2. The van der Waals surface area contributed by atoms with Gasteiger partial charge in [-0.1, -0.05) is 0 Å². The van der Waals surface area contributed by atoms with E-state index in [-0.39, 0.29) is 24.1 Å². The molecule has 1 amide bonds. The lowest BCUT2D eigenvalue weighted by Crippen LogP contribution is -2.37. The molecule has 6 nitrogen and oxygen atoms in total. The molecule has 0 radical (unpaired) electrons. The van der Waals surface area contributed by atoms with E-state index in [9.17, 15) is 9.59 Å². The highest BCUT2D eigenvalue weighted by Crippen LogP contribution is 2.13. The molecule has 23 heavy (non-hydrogen) atoms. The third-order valence-corrected chi connectivity index (χ3v) is 4.11. The maximum Gasteiger partial charge on any atom is 0.253 e. The summed E-state index contributed by atoms with van der Waals surface area (Å²) in [4.78, 5) is 26.8. The molecular formula is C17H26N2O4. The molecule has 0 saturated carbocycles. The van der Waals surface area contributed by atoms with Gasteiger partial charge in [-0.2, -0.15) is 0 Å². The number of amides is 1. The van der Waals surface area contributed by atoms with E-state index in [0.717, 1.165) is 37.1 Å². The zero-order valence-electron chi connectivity index (χ0n) is 14.1. The number of rotatable bonds is 6. The minimum absolute atomic E-state index is 0.0844. The van der Waals surface area contributed by atoms with Crippen LogP contribution in [-0.4, -0.2) is 36.3 Å². The molecule has 1 aliphatic rings. The molecule has 0 aromatic carbocycles. The number of aromatic amines is 1. The molecule has 0 spiro atoms.